The van der Waals surface area contributed by atoms with Gasteiger partial charge in [0.2, 0.25) is 5.78 Å². The van der Waals surface area contributed by atoms with E-state index < -0.39 is 23.5 Å². The Labute approximate surface area is 206 Å². The summed E-state index contributed by atoms with van der Waals surface area (Å²) in [6.45, 7) is 0. The minimum atomic E-state index is -0.863. The maximum Gasteiger partial charge on any atom is 0.294 e. The lowest BCUT2D eigenvalue weighted by molar-refractivity contribution is -0.117. The van der Waals surface area contributed by atoms with Crippen molar-refractivity contribution in [3.05, 3.63) is 120 Å². The SMILES string of the molecule is COc1ccc(N2C(=O)C(O)=C(C(=O)c3cc4ccccc4o3)C2c2cccc3ccccc23)cc1. The lowest BCUT2D eigenvalue weighted by Gasteiger charge is -2.28. The molecule has 1 N–H and O–H groups in total. The number of ether oxygens (including phenoxy) is 1. The number of fused-ring (bicyclic) bond motifs is 2. The molecule has 0 saturated heterocycles. The standard InChI is InChI=1S/C30H21NO5/c1-35-21-15-13-20(14-16-21)31-27(23-11-6-9-18-7-2-4-10-22(18)23)26(29(33)30(31)34)28(32)25-17-19-8-3-5-12-24(19)36-25/h2-17,27,33H,1H3. The van der Waals surface area contributed by atoms with Gasteiger partial charge in [-0.25, -0.2) is 0 Å². The van der Waals surface area contributed by atoms with E-state index in [0.717, 1.165) is 21.7 Å². The molecular weight excluding hydrogens is 454 g/mol. The number of nitrogens with zero attached hydrogens (tertiary/aromatic N) is 1. The quantitative estimate of drug-likeness (QED) is 0.299. The zero-order valence-electron chi connectivity index (χ0n) is 19.3. The smallest absolute Gasteiger partial charge is 0.294 e. The van der Waals surface area contributed by atoms with Gasteiger partial charge in [-0.3, -0.25) is 14.5 Å². The number of methoxy groups -OCH3 is 1. The normalized spacial score (nSPS) is 15.8. The van der Waals surface area contributed by atoms with E-state index in [1.165, 1.54) is 4.90 Å². The van der Waals surface area contributed by atoms with Crippen LogP contribution in [0.3, 0.4) is 0 Å². The molecule has 0 aliphatic carbocycles. The third kappa shape index (κ3) is 3.34. The van der Waals surface area contributed by atoms with Gasteiger partial charge in [-0.2, -0.15) is 0 Å². The Kier molecular flexibility index (Phi) is 5.08. The fraction of sp³-hybridized carbons (Fsp3) is 0.0667. The molecule has 0 radical (unpaired) electrons. The summed E-state index contributed by atoms with van der Waals surface area (Å²) in [6.07, 6.45) is 0. The average molecular weight is 476 g/mol. The van der Waals surface area contributed by atoms with Crippen LogP contribution in [-0.4, -0.2) is 23.9 Å². The highest BCUT2D eigenvalue weighted by Gasteiger charge is 2.45. The van der Waals surface area contributed by atoms with Crippen molar-refractivity contribution in [3.8, 4) is 5.75 Å². The number of ketones is 1. The van der Waals surface area contributed by atoms with Crippen molar-refractivity contribution in [2.75, 3.05) is 12.0 Å². The predicted octanol–water partition coefficient (Wildman–Crippen LogP) is 6.38. The molecule has 6 heteroatoms. The summed E-state index contributed by atoms with van der Waals surface area (Å²) in [4.78, 5) is 28.8. The van der Waals surface area contributed by atoms with E-state index in [1.54, 1.807) is 43.5 Å². The second kappa shape index (κ2) is 8.43. The van der Waals surface area contributed by atoms with Crippen LogP contribution in [0.2, 0.25) is 0 Å². The molecule has 0 spiro atoms. The van der Waals surface area contributed by atoms with E-state index in [1.807, 2.05) is 60.7 Å². The molecule has 176 valence electrons. The van der Waals surface area contributed by atoms with Crippen LogP contribution in [0, 0.1) is 0 Å². The van der Waals surface area contributed by atoms with Crippen molar-refractivity contribution >= 4 is 39.1 Å². The van der Waals surface area contributed by atoms with E-state index in [4.69, 9.17) is 9.15 Å². The largest absolute Gasteiger partial charge is 0.503 e. The van der Waals surface area contributed by atoms with E-state index >= 15 is 0 Å². The van der Waals surface area contributed by atoms with Crippen LogP contribution in [0.5, 0.6) is 5.75 Å². The Morgan fingerprint density at radius 2 is 1.58 bits per heavy atom. The molecule has 0 fully saturated rings. The zero-order valence-corrected chi connectivity index (χ0v) is 19.3. The van der Waals surface area contributed by atoms with Gasteiger partial charge in [-0.05, 0) is 52.7 Å². The maximum absolute atomic E-state index is 13.9. The van der Waals surface area contributed by atoms with Gasteiger partial charge in [0.1, 0.15) is 11.3 Å². The van der Waals surface area contributed by atoms with E-state index in [-0.39, 0.29) is 11.3 Å². The van der Waals surface area contributed by atoms with Crippen LogP contribution < -0.4 is 9.64 Å². The first-order valence-corrected chi connectivity index (χ1v) is 11.5. The summed E-state index contributed by atoms with van der Waals surface area (Å²) in [5.41, 5.74) is 1.78. The summed E-state index contributed by atoms with van der Waals surface area (Å²) in [5, 5.41) is 13.7. The molecule has 1 amide bonds. The maximum atomic E-state index is 13.9. The van der Waals surface area contributed by atoms with Gasteiger partial charge in [0.15, 0.2) is 11.5 Å². The molecule has 36 heavy (non-hydrogen) atoms. The van der Waals surface area contributed by atoms with Crippen molar-refractivity contribution < 1.29 is 23.8 Å². The number of carbonyl (C=O) groups excluding carboxylic acids is 2. The number of Topliss-reactive ketones (excluding diaryl/α,β-unsaturated/α-hetero) is 1. The van der Waals surface area contributed by atoms with Gasteiger partial charge in [0.25, 0.3) is 5.91 Å². The van der Waals surface area contributed by atoms with Crippen molar-refractivity contribution in [1.82, 2.24) is 0 Å². The van der Waals surface area contributed by atoms with Crippen molar-refractivity contribution in [3.63, 3.8) is 0 Å². The van der Waals surface area contributed by atoms with Gasteiger partial charge in [0.05, 0.1) is 18.7 Å². The third-order valence-electron chi connectivity index (χ3n) is 6.57. The second-order valence-corrected chi connectivity index (χ2v) is 8.58. The van der Waals surface area contributed by atoms with E-state index in [2.05, 4.69) is 0 Å². The van der Waals surface area contributed by atoms with Crippen molar-refractivity contribution in [2.24, 2.45) is 0 Å². The van der Waals surface area contributed by atoms with Crippen LogP contribution in [0.25, 0.3) is 21.7 Å². The molecule has 6 nitrogen and oxygen atoms in total. The first-order valence-electron chi connectivity index (χ1n) is 11.5. The number of furan rings is 1. The average Bonchev–Trinajstić information content (AvgIpc) is 3.47. The van der Waals surface area contributed by atoms with Gasteiger partial charge >= 0.3 is 0 Å². The highest BCUT2D eigenvalue weighted by atomic mass is 16.5. The van der Waals surface area contributed by atoms with E-state index in [9.17, 15) is 14.7 Å². The predicted molar refractivity (Wildman–Crippen MR) is 137 cm³/mol. The van der Waals surface area contributed by atoms with Crippen LogP contribution in [0.15, 0.2) is 113 Å². The molecule has 0 bridgehead atoms. The fourth-order valence-corrected chi connectivity index (χ4v) is 4.86. The number of hydrogen-bond acceptors (Lipinski definition) is 5. The summed E-state index contributed by atoms with van der Waals surface area (Å²) in [7, 11) is 1.56. The first-order chi connectivity index (χ1) is 17.6. The number of carbonyl (C=O) groups is 2. The third-order valence-corrected chi connectivity index (χ3v) is 6.57. The lowest BCUT2D eigenvalue weighted by atomic mass is 9.91. The lowest BCUT2D eigenvalue weighted by Crippen LogP contribution is -2.31. The van der Waals surface area contributed by atoms with E-state index in [0.29, 0.717) is 17.0 Å². The van der Waals surface area contributed by atoms with Crippen LogP contribution in [-0.2, 0) is 4.79 Å². The number of hydrogen-bond donors (Lipinski definition) is 1. The minimum Gasteiger partial charge on any atom is -0.503 e. The Balaban J connectivity index is 1.56. The molecular formula is C30H21NO5. The number of aliphatic hydroxyl groups excluding tert-OH is 1. The van der Waals surface area contributed by atoms with Gasteiger partial charge < -0.3 is 14.3 Å². The Bertz CT molecular complexity index is 1640. The first kappa shape index (κ1) is 21.7. The Morgan fingerprint density at radius 3 is 2.33 bits per heavy atom. The number of amides is 1. The molecule has 1 aliphatic rings. The molecule has 1 aliphatic heterocycles. The molecule has 1 aromatic heterocycles. The topological polar surface area (TPSA) is 80.0 Å². The molecule has 0 saturated carbocycles. The molecule has 2 heterocycles. The monoisotopic (exact) mass is 475 g/mol. The van der Waals surface area contributed by atoms with Gasteiger partial charge in [-0.15, -0.1) is 0 Å². The number of rotatable bonds is 5. The number of para-hydroxylation sites is 1. The summed E-state index contributed by atoms with van der Waals surface area (Å²) >= 11 is 0. The van der Waals surface area contributed by atoms with Crippen LogP contribution >= 0.6 is 0 Å². The molecule has 4 aromatic carbocycles. The number of aliphatic hydroxyl groups is 1. The van der Waals surface area contributed by atoms with Crippen LogP contribution in [0.4, 0.5) is 5.69 Å². The van der Waals surface area contributed by atoms with Crippen molar-refractivity contribution in [2.45, 2.75) is 6.04 Å². The second-order valence-electron chi connectivity index (χ2n) is 8.58. The molecule has 5 aromatic rings. The number of anilines is 1. The summed E-state index contributed by atoms with van der Waals surface area (Å²) in [6, 6.07) is 28.5. The highest BCUT2D eigenvalue weighted by Crippen LogP contribution is 2.44. The Morgan fingerprint density at radius 1 is 0.889 bits per heavy atom. The minimum absolute atomic E-state index is 0.0220. The highest BCUT2D eigenvalue weighted by molar-refractivity contribution is 6.21. The van der Waals surface area contributed by atoms with Crippen LogP contribution in [0.1, 0.15) is 22.2 Å². The summed E-state index contributed by atoms with van der Waals surface area (Å²) in [5.74, 6) is -1.09. The summed E-state index contributed by atoms with van der Waals surface area (Å²) < 4.78 is 11.1. The van der Waals surface area contributed by atoms with Gasteiger partial charge in [0, 0.05) is 11.1 Å². The zero-order chi connectivity index (χ0) is 24.8. The number of benzene rings is 4. The van der Waals surface area contributed by atoms with Gasteiger partial charge in [-0.1, -0.05) is 60.7 Å². The Hall–Kier alpha value is -4.84. The molecule has 6 rings (SSSR count). The fourth-order valence-electron chi connectivity index (χ4n) is 4.86. The molecule has 1 unspecified atom stereocenters. The molecule has 1 atom stereocenters. The van der Waals surface area contributed by atoms with Crippen molar-refractivity contribution in [1.29, 1.82) is 0 Å².